The molecule has 0 radical (unpaired) electrons. The molecule has 2 aliphatic heterocycles. The molecule has 0 saturated carbocycles. The van der Waals surface area contributed by atoms with Crippen LogP contribution in [0.4, 0.5) is 0 Å². The first-order chi connectivity index (χ1) is 48.1. The largest absolute Gasteiger partial charge is 0.394 e. The van der Waals surface area contributed by atoms with Crippen molar-refractivity contribution < 1.29 is 64.6 Å². The lowest BCUT2D eigenvalue weighted by atomic mass is 9.97. The maximum Gasteiger partial charge on any atom is 0.220 e. The summed E-state index contributed by atoms with van der Waals surface area (Å²) in [5.74, 6) is -0.244. The summed E-state index contributed by atoms with van der Waals surface area (Å²) in [6.45, 7) is 2.85. The Balaban J connectivity index is 1.61. The van der Waals surface area contributed by atoms with E-state index in [4.69, 9.17) is 18.9 Å². The normalized spacial score (nSPS) is 22.1. The van der Waals surface area contributed by atoms with Gasteiger partial charge in [-0.1, -0.05) is 384 Å². The molecule has 14 nitrogen and oxygen atoms in total. The van der Waals surface area contributed by atoms with Gasteiger partial charge in [0.25, 0.3) is 0 Å². The number of hydrogen-bond acceptors (Lipinski definition) is 13. The van der Waals surface area contributed by atoms with Crippen molar-refractivity contribution in [1.29, 1.82) is 0 Å². The molecule has 2 heterocycles. The molecule has 12 atom stereocenters. The third-order valence-electron chi connectivity index (χ3n) is 20.8. The Morgan fingerprint density at radius 3 is 1.00 bits per heavy atom. The molecule has 0 aromatic carbocycles. The fraction of sp³-hybridized carbons (Fsp3) is 0.917. The van der Waals surface area contributed by atoms with E-state index >= 15 is 0 Å². The summed E-state index contributed by atoms with van der Waals surface area (Å²) in [5, 5.41) is 87.7. The second-order valence-corrected chi connectivity index (χ2v) is 30.0. The first kappa shape index (κ1) is 92.3. The lowest BCUT2D eigenvalue weighted by Gasteiger charge is -2.46. The van der Waals surface area contributed by atoms with E-state index in [1.165, 1.54) is 321 Å². The molecule has 0 aromatic rings. The summed E-state index contributed by atoms with van der Waals surface area (Å²) in [4.78, 5) is 13.4. The van der Waals surface area contributed by atoms with Crippen molar-refractivity contribution in [3.63, 3.8) is 0 Å². The fourth-order valence-electron chi connectivity index (χ4n) is 14.2. The van der Waals surface area contributed by atoms with Gasteiger partial charge in [-0.05, 0) is 44.9 Å². The summed E-state index contributed by atoms with van der Waals surface area (Å²) in [6, 6.07) is -0.938. The van der Waals surface area contributed by atoms with Crippen molar-refractivity contribution in [3.8, 4) is 0 Å². The molecule has 12 unspecified atom stereocenters. The Bertz CT molecular complexity index is 1780. The molecule has 9 N–H and O–H groups in total. The quantitative estimate of drug-likeness (QED) is 0.0204. The SMILES string of the molecule is CCCCCCCCCCCCCCCCCCCCCCC/C=C/CC/C=C/CC/C=C/C(O)C(COC1OC(CO)C(OC2OC(CO)C(O)C(O)C2O)C(O)C1O)NC(=O)CCCCCCCCCCCCCCCCCCCCCCCCCCCCCCCCCCC. The topological polar surface area (TPSA) is 228 Å². The van der Waals surface area contributed by atoms with Crippen LogP contribution in [0.15, 0.2) is 36.5 Å². The minimum atomic E-state index is -1.79. The van der Waals surface area contributed by atoms with Crippen molar-refractivity contribution in [3.05, 3.63) is 36.5 Å². The first-order valence-corrected chi connectivity index (χ1v) is 42.2. The van der Waals surface area contributed by atoms with Gasteiger partial charge in [-0.15, -0.1) is 0 Å². The van der Waals surface area contributed by atoms with E-state index in [2.05, 4.69) is 43.5 Å². The Labute approximate surface area is 601 Å². The zero-order valence-electron chi connectivity index (χ0n) is 63.6. The maximum atomic E-state index is 13.4. The molecule has 2 aliphatic rings. The Kier molecular flexibility index (Phi) is 64.3. The molecule has 98 heavy (non-hydrogen) atoms. The van der Waals surface area contributed by atoms with Crippen molar-refractivity contribution in [2.45, 2.75) is 473 Å². The summed E-state index contributed by atoms with van der Waals surface area (Å²) in [6.07, 6.45) is 74.0. The van der Waals surface area contributed by atoms with E-state index in [0.29, 0.717) is 12.8 Å². The van der Waals surface area contributed by atoms with Crippen LogP contribution in [0.2, 0.25) is 0 Å². The number of unbranched alkanes of at least 4 members (excludes halogenated alkanes) is 55. The lowest BCUT2D eigenvalue weighted by molar-refractivity contribution is -0.359. The lowest BCUT2D eigenvalue weighted by Crippen LogP contribution is -2.65. The zero-order valence-corrected chi connectivity index (χ0v) is 63.6. The first-order valence-electron chi connectivity index (χ1n) is 42.2. The Morgan fingerprint density at radius 1 is 0.357 bits per heavy atom. The number of ether oxygens (including phenoxy) is 4. The highest BCUT2D eigenvalue weighted by atomic mass is 16.7. The van der Waals surface area contributed by atoms with Crippen LogP contribution < -0.4 is 5.32 Å². The molecule has 0 aromatic heterocycles. The Hall–Kier alpha value is -1.79. The van der Waals surface area contributed by atoms with E-state index in [1.54, 1.807) is 6.08 Å². The monoisotopic (exact) mass is 1390 g/mol. The van der Waals surface area contributed by atoms with Gasteiger partial charge in [-0.2, -0.15) is 0 Å². The molecule has 578 valence electrons. The highest BCUT2D eigenvalue weighted by Crippen LogP contribution is 2.30. The molecule has 14 heteroatoms. The molecular weight excluding hydrogens is 1230 g/mol. The van der Waals surface area contributed by atoms with E-state index in [0.717, 1.165) is 44.9 Å². The van der Waals surface area contributed by atoms with E-state index in [-0.39, 0.29) is 18.9 Å². The van der Waals surface area contributed by atoms with Crippen molar-refractivity contribution in [1.82, 2.24) is 5.32 Å². The Morgan fingerprint density at radius 2 is 0.653 bits per heavy atom. The van der Waals surface area contributed by atoms with Crippen LogP contribution in [0.25, 0.3) is 0 Å². The van der Waals surface area contributed by atoms with Crippen LogP contribution in [0.5, 0.6) is 0 Å². The summed E-state index contributed by atoms with van der Waals surface area (Å²) < 4.78 is 22.9. The molecule has 2 rings (SSSR count). The van der Waals surface area contributed by atoms with Gasteiger partial charge < -0.3 is 65.1 Å². The average Bonchev–Trinajstić information content (AvgIpc) is 0.793. The van der Waals surface area contributed by atoms with Gasteiger partial charge >= 0.3 is 0 Å². The second-order valence-electron chi connectivity index (χ2n) is 30.0. The minimum Gasteiger partial charge on any atom is -0.394 e. The minimum absolute atomic E-state index is 0.244. The zero-order chi connectivity index (χ0) is 70.8. The highest BCUT2D eigenvalue weighted by Gasteiger charge is 2.51. The summed E-state index contributed by atoms with van der Waals surface area (Å²) >= 11 is 0. The number of amides is 1. The van der Waals surface area contributed by atoms with Crippen LogP contribution in [-0.4, -0.2) is 140 Å². The average molecular weight is 1390 g/mol. The number of hydrogen-bond donors (Lipinski definition) is 9. The third kappa shape index (κ3) is 50.6. The van der Waals surface area contributed by atoms with E-state index < -0.39 is 86.8 Å². The molecule has 0 spiro atoms. The van der Waals surface area contributed by atoms with Crippen LogP contribution in [0.3, 0.4) is 0 Å². The van der Waals surface area contributed by atoms with E-state index in [9.17, 15) is 45.6 Å². The smallest absolute Gasteiger partial charge is 0.220 e. The maximum absolute atomic E-state index is 13.4. The predicted octanol–water partition coefficient (Wildman–Crippen LogP) is 19.6. The second kappa shape index (κ2) is 68.3. The standard InChI is InChI=1S/C84H159NO13/c1-3-5-7-9-11-13-15-17-19-21-23-25-27-29-31-33-35-36-38-40-42-44-46-48-50-52-54-56-58-60-62-64-66-68-76(89)85-72(71-95-83-81(94)79(92)82(75(70-87)97-83)98-84-80(93)78(91)77(90)74(69-86)96-84)73(88)67-65-63-61-59-57-55-53-51-49-47-45-43-41-39-37-34-32-30-28-26-24-22-20-18-16-14-12-10-8-6-4-2/h49,51,57,59,65,67,72-75,77-84,86-88,90-94H,3-48,50,52-56,58,60-64,66,68-71H2,1-2H3,(H,85,89)/b51-49+,59-57+,67-65+. The fourth-order valence-corrected chi connectivity index (χ4v) is 14.2. The summed E-state index contributed by atoms with van der Waals surface area (Å²) in [7, 11) is 0. The number of carbonyl (C=O) groups is 1. The van der Waals surface area contributed by atoms with Crippen LogP contribution in [0, 0.1) is 0 Å². The molecule has 2 saturated heterocycles. The van der Waals surface area contributed by atoms with Crippen LogP contribution >= 0.6 is 0 Å². The molecular formula is C84H159NO13. The number of rotatable bonds is 72. The van der Waals surface area contributed by atoms with Gasteiger partial charge in [0, 0.05) is 6.42 Å². The third-order valence-corrected chi connectivity index (χ3v) is 20.8. The number of nitrogens with one attached hydrogen (secondary N) is 1. The number of aliphatic hydroxyl groups excluding tert-OH is 8. The van der Waals surface area contributed by atoms with Crippen LogP contribution in [-0.2, 0) is 23.7 Å². The van der Waals surface area contributed by atoms with Crippen LogP contribution in [0.1, 0.15) is 399 Å². The van der Waals surface area contributed by atoms with Gasteiger partial charge in [0.1, 0.15) is 48.8 Å². The van der Waals surface area contributed by atoms with Crippen molar-refractivity contribution in [2.75, 3.05) is 19.8 Å². The van der Waals surface area contributed by atoms with Crippen molar-refractivity contribution in [2.24, 2.45) is 0 Å². The number of carbonyl (C=O) groups excluding carboxylic acids is 1. The van der Waals surface area contributed by atoms with Crippen molar-refractivity contribution >= 4 is 5.91 Å². The number of aliphatic hydroxyl groups is 8. The molecule has 2 fully saturated rings. The van der Waals surface area contributed by atoms with Gasteiger partial charge in [-0.3, -0.25) is 4.79 Å². The van der Waals surface area contributed by atoms with Gasteiger partial charge in [-0.25, -0.2) is 0 Å². The predicted molar refractivity (Wildman–Crippen MR) is 406 cm³/mol. The molecule has 0 bridgehead atoms. The van der Waals surface area contributed by atoms with Gasteiger partial charge in [0.2, 0.25) is 5.91 Å². The molecule has 0 aliphatic carbocycles. The van der Waals surface area contributed by atoms with Gasteiger partial charge in [0.15, 0.2) is 12.6 Å². The number of allylic oxidation sites excluding steroid dienone is 5. The molecule has 1 amide bonds. The summed E-state index contributed by atoms with van der Waals surface area (Å²) in [5.41, 5.74) is 0. The van der Waals surface area contributed by atoms with E-state index in [1.807, 2.05) is 6.08 Å². The van der Waals surface area contributed by atoms with Gasteiger partial charge in [0.05, 0.1) is 32.0 Å². The highest BCUT2D eigenvalue weighted by molar-refractivity contribution is 5.76.